The summed E-state index contributed by atoms with van der Waals surface area (Å²) < 4.78 is 33.0. The van der Waals surface area contributed by atoms with E-state index in [1.807, 2.05) is 0 Å². The average molecular weight is 310 g/mol. The van der Waals surface area contributed by atoms with Gasteiger partial charge in [-0.2, -0.15) is 0 Å². The molecule has 0 unspecified atom stereocenters. The third kappa shape index (κ3) is 3.26. The first-order valence-corrected chi connectivity index (χ1v) is 7.67. The summed E-state index contributed by atoms with van der Waals surface area (Å²) in [5.74, 6) is 0. The Labute approximate surface area is 116 Å². The number of nitrogens with zero attached hydrogens (tertiary/aromatic N) is 2. The highest BCUT2D eigenvalue weighted by molar-refractivity contribution is 7.89. The van der Waals surface area contributed by atoms with Gasteiger partial charge < -0.3 is 14.4 Å². The molecule has 7 nitrogen and oxygen atoms in total. The maximum Gasteiger partial charge on any atom is 0.261 e. The van der Waals surface area contributed by atoms with Crippen LogP contribution >= 0.6 is 11.6 Å². The van der Waals surface area contributed by atoms with Crippen LogP contribution in [0.4, 0.5) is 0 Å². The van der Waals surface area contributed by atoms with Crippen molar-refractivity contribution in [3.63, 3.8) is 0 Å². The van der Waals surface area contributed by atoms with E-state index in [9.17, 15) is 13.5 Å². The van der Waals surface area contributed by atoms with Gasteiger partial charge in [-0.25, -0.2) is 18.1 Å². The average Bonchev–Trinajstić information content (AvgIpc) is 2.70. The zero-order chi connectivity index (χ0) is 14.1. The predicted molar refractivity (Wildman–Crippen MR) is 68.4 cm³/mol. The van der Waals surface area contributed by atoms with Gasteiger partial charge in [0.15, 0.2) is 0 Å². The van der Waals surface area contributed by atoms with Gasteiger partial charge in [-0.15, -0.1) is 0 Å². The number of hydrogen-bond donors (Lipinski definition) is 2. The number of nitrogens with one attached hydrogen (secondary N) is 1. The van der Waals surface area contributed by atoms with E-state index in [1.165, 1.54) is 10.9 Å². The molecule has 108 valence electrons. The Morgan fingerprint density at radius 1 is 1.58 bits per heavy atom. The van der Waals surface area contributed by atoms with Gasteiger partial charge in [0.2, 0.25) is 5.03 Å². The van der Waals surface area contributed by atoms with Crippen molar-refractivity contribution < 1.29 is 18.3 Å². The molecule has 1 aromatic rings. The Morgan fingerprint density at radius 2 is 2.21 bits per heavy atom. The number of imidazole rings is 1. The lowest BCUT2D eigenvalue weighted by Crippen LogP contribution is -2.46. The summed E-state index contributed by atoms with van der Waals surface area (Å²) in [6, 6.07) is 0. The first-order chi connectivity index (χ1) is 8.84. The molecule has 0 atom stereocenters. The lowest BCUT2D eigenvalue weighted by Gasteiger charge is -2.31. The molecule has 9 heteroatoms. The molecule has 0 amide bonds. The fourth-order valence-electron chi connectivity index (χ4n) is 1.80. The Morgan fingerprint density at radius 3 is 2.74 bits per heavy atom. The Bertz CT molecular complexity index is 551. The van der Waals surface area contributed by atoms with Crippen molar-refractivity contribution >= 4 is 21.6 Å². The van der Waals surface area contributed by atoms with E-state index in [4.69, 9.17) is 16.3 Å². The SMILES string of the molecule is Cn1cnc(S(=O)(=O)NCC2(O)CCOCC2)c1Cl. The first kappa shape index (κ1) is 14.7. The van der Waals surface area contributed by atoms with E-state index in [1.54, 1.807) is 7.05 Å². The number of halogens is 1. The molecule has 2 heterocycles. The fourth-order valence-corrected chi connectivity index (χ4v) is 3.34. The predicted octanol–water partition coefficient (Wildman–Crippen LogP) is -0.107. The summed E-state index contributed by atoms with van der Waals surface area (Å²) in [7, 11) is -2.22. The Balaban J connectivity index is 2.08. The van der Waals surface area contributed by atoms with Crippen LogP contribution in [0.1, 0.15) is 12.8 Å². The van der Waals surface area contributed by atoms with E-state index in [0.29, 0.717) is 26.1 Å². The van der Waals surface area contributed by atoms with Crippen LogP contribution in [0.25, 0.3) is 0 Å². The molecule has 0 aromatic carbocycles. The number of aryl methyl sites for hydroxylation is 1. The van der Waals surface area contributed by atoms with Crippen LogP contribution in [0.3, 0.4) is 0 Å². The Kier molecular flexibility index (Phi) is 4.17. The van der Waals surface area contributed by atoms with Crippen molar-refractivity contribution in [1.29, 1.82) is 0 Å². The standard InChI is InChI=1S/C10H16ClN3O4S/c1-14-7-12-9(8(14)11)19(16,17)13-6-10(15)2-4-18-5-3-10/h7,13,15H,2-6H2,1H3. The highest BCUT2D eigenvalue weighted by Crippen LogP contribution is 2.22. The summed E-state index contributed by atoms with van der Waals surface area (Å²) in [5.41, 5.74) is -1.08. The van der Waals surface area contributed by atoms with Gasteiger partial charge in [0.25, 0.3) is 10.0 Å². The molecule has 1 fully saturated rings. The molecule has 1 aliphatic heterocycles. The lowest BCUT2D eigenvalue weighted by atomic mass is 9.95. The van der Waals surface area contributed by atoms with Crippen molar-refractivity contribution in [3.8, 4) is 0 Å². The number of hydrogen-bond acceptors (Lipinski definition) is 5. The molecule has 19 heavy (non-hydrogen) atoms. The molecule has 2 N–H and O–H groups in total. The first-order valence-electron chi connectivity index (χ1n) is 5.81. The second kappa shape index (κ2) is 5.37. The van der Waals surface area contributed by atoms with Crippen LogP contribution < -0.4 is 4.72 Å². The molecule has 2 rings (SSSR count). The maximum atomic E-state index is 12.0. The smallest absolute Gasteiger partial charge is 0.261 e. The summed E-state index contributed by atoms with van der Waals surface area (Å²) in [6.07, 6.45) is 2.11. The van der Waals surface area contributed by atoms with Gasteiger partial charge in [0.1, 0.15) is 5.15 Å². The van der Waals surface area contributed by atoms with Crippen LogP contribution in [0, 0.1) is 0 Å². The molecule has 0 radical (unpaired) electrons. The third-order valence-corrected chi connectivity index (χ3v) is 4.99. The number of sulfonamides is 1. The van der Waals surface area contributed by atoms with Crippen LogP contribution in [-0.4, -0.2) is 48.4 Å². The number of ether oxygens (including phenoxy) is 1. The van der Waals surface area contributed by atoms with E-state index in [-0.39, 0.29) is 16.7 Å². The quantitative estimate of drug-likeness (QED) is 0.809. The second-order valence-electron chi connectivity index (χ2n) is 4.61. The van der Waals surface area contributed by atoms with Crippen molar-refractivity contribution in [2.75, 3.05) is 19.8 Å². The minimum atomic E-state index is -3.82. The zero-order valence-electron chi connectivity index (χ0n) is 10.5. The van der Waals surface area contributed by atoms with Crippen molar-refractivity contribution in [2.24, 2.45) is 7.05 Å². The lowest BCUT2D eigenvalue weighted by molar-refractivity contribution is -0.0588. The van der Waals surface area contributed by atoms with Crippen LogP contribution in [0.2, 0.25) is 5.15 Å². The number of aromatic nitrogens is 2. The molecular formula is C10H16ClN3O4S. The third-order valence-electron chi connectivity index (χ3n) is 3.10. The normalized spacial score (nSPS) is 19.5. The van der Waals surface area contributed by atoms with E-state index in [2.05, 4.69) is 9.71 Å². The molecule has 1 aromatic heterocycles. The summed E-state index contributed by atoms with van der Waals surface area (Å²) in [6.45, 7) is 0.761. The molecule has 1 aliphatic rings. The molecule has 0 bridgehead atoms. The van der Waals surface area contributed by atoms with Gasteiger partial charge in [-0.3, -0.25) is 0 Å². The highest BCUT2D eigenvalue weighted by Gasteiger charge is 2.32. The van der Waals surface area contributed by atoms with Gasteiger partial charge in [-0.05, 0) is 0 Å². The highest BCUT2D eigenvalue weighted by atomic mass is 35.5. The van der Waals surface area contributed by atoms with Gasteiger partial charge in [-0.1, -0.05) is 11.6 Å². The minimum Gasteiger partial charge on any atom is -0.388 e. The number of aliphatic hydroxyl groups is 1. The summed E-state index contributed by atoms with van der Waals surface area (Å²) in [5, 5.41) is 9.99. The molecule has 1 saturated heterocycles. The zero-order valence-corrected chi connectivity index (χ0v) is 12.0. The van der Waals surface area contributed by atoms with E-state index < -0.39 is 15.6 Å². The van der Waals surface area contributed by atoms with E-state index >= 15 is 0 Å². The minimum absolute atomic E-state index is 0.0338. The summed E-state index contributed by atoms with van der Waals surface area (Å²) in [4.78, 5) is 3.75. The van der Waals surface area contributed by atoms with Crippen molar-refractivity contribution in [2.45, 2.75) is 23.5 Å². The van der Waals surface area contributed by atoms with Gasteiger partial charge in [0, 0.05) is 39.6 Å². The van der Waals surface area contributed by atoms with Crippen LogP contribution in [-0.2, 0) is 21.8 Å². The van der Waals surface area contributed by atoms with Crippen molar-refractivity contribution in [1.82, 2.24) is 14.3 Å². The van der Waals surface area contributed by atoms with Crippen LogP contribution in [0.15, 0.2) is 11.4 Å². The summed E-state index contributed by atoms with van der Waals surface area (Å²) >= 11 is 5.85. The Hall–Kier alpha value is -0.670. The van der Waals surface area contributed by atoms with Gasteiger partial charge in [0.05, 0.1) is 11.9 Å². The molecule has 0 aliphatic carbocycles. The second-order valence-corrected chi connectivity index (χ2v) is 6.65. The van der Waals surface area contributed by atoms with Gasteiger partial charge >= 0.3 is 0 Å². The molecule has 0 spiro atoms. The fraction of sp³-hybridized carbons (Fsp3) is 0.700. The number of rotatable bonds is 4. The van der Waals surface area contributed by atoms with Crippen LogP contribution in [0.5, 0.6) is 0 Å². The van der Waals surface area contributed by atoms with Crippen molar-refractivity contribution in [3.05, 3.63) is 11.5 Å². The largest absolute Gasteiger partial charge is 0.388 e. The van der Waals surface area contributed by atoms with E-state index in [0.717, 1.165) is 0 Å². The monoisotopic (exact) mass is 309 g/mol. The molecular weight excluding hydrogens is 294 g/mol. The topological polar surface area (TPSA) is 93.5 Å². The molecule has 0 saturated carbocycles. The maximum absolute atomic E-state index is 12.0.